The van der Waals surface area contributed by atoms with Gasteiger partial charge in [-0.2, -0.15) is 0 Å². The number of nitrogens with zero attached hydrogens (tertiary/aromatic N) is 1. The fourth-order valence-corrected chi connectivity index (χ4v) is 6.80. The van der Waals surface area contributed by atoms with E-state index in [0.29, 0.717) is 0 Å². The van der Waals surface area contributed by atoms with Gasteiger partial charge in [-0.3, -0.25) is 0 Å². The molecule has 0 radical (unpaired) electrons. The van der Waals surface area contributed by atoms with Crippen LogP contribution in [-0.4, -0.2) is 37.6 Å². The maximum atomic E-state index is 5.91. The van der Waals surface area contributed by atoms with Crippen molar-refractivity contribution in [2.75, 3.05) is 26.9 Å². The Morgan fingerprint density at radius 3 is 2.48 bits per heavy atom. The molecule has 182 valence electrons. The van der Waals surface area contributed by atoms with Gasteiger partial charge in [0, 0.05) is 40.4 Å². The Labute approximate surface area is 203 Å². The molecule has 0 unspecified atom stereocenters. The summed E-state index contributed by atoms with van der Waals surface area (Å²) in [6, 6.07) is 2.12. The molecule has 0 amide bonds. The Kier molecular flexibility index (Phi) is 8.11. The molecule has 0 atom stereocenters. The molecule has 6 heteroatoms. The molecule has 1 aliphatic carbocycles. The van der Waals surface area contributed by atoms with Gasteiger partial charge in [0.25, 0.3) is 0 Å². The van der Waals surface area contributed by atoms with Gasteiger partial charge < -0.3 is 19.5 Å². The van der Waals surface area contributed by atoms with E-state index in [1.807, 2.05) is 18.3 Å². The molecule has 33 heavy (non-hydrogen) atoms. The average Bonchev–Trinajstić information content (AvgIpc) is 3.36. The first-order valence-corrected chi connectivity index (χ1v) is 13.3. The highest BCUT2D eigenvalue weighted by molar-refractivity contribution is 7.12. The van der Waals surface area contributed by atoms with E-state index in [0.717, 1.165) is 75.0 Å². The highest BCUT2D eigenvalue weighted by Crippen LogP contribution is 2.41. The minimum Gasteiger partial charge on any atom is -0.481 e. The molecule has 1 saturated heterocycles. The lowest BCUT2D eigenvalue weighted by Crippen LogP contribution is -2.35. The van der Waals surface area contributed by atoms with Gasteiger partial charge in [-0.15, -0.1) is 11.3 Å². The molecule has 1 spiro atoms. The number of aromatic nitrogens is 1. The van der Waals surface area contributed by atoms with Crippen molar-refractivity contribution in [1.82, 2.24) is 10.3 Å². The Morgan fingerprint density at radius 2 is 1.79 bits per heavy atom. The minimum atomic E-state index is -0.244. The lowest BCUT2D eigenvalue weighted by Gasteiger charge is -2.35. The maximum Gasteiger partial charge on any atom is 0.218 e. The van der Waals surface area contributed by atoms with Gasteiger partial charge >= 0.3 is 0 Å². The highest BCUT2D eigenvalue weighted by atomic mass is 32.1. The molecule has 1 aliphatic heterocycles. The minimum absolute atomic E-state index is 0.244. The van der Waals surface area contributed by atoms with Crippen LogP contribution in [0.2, 0.25) is 0 Å². The molecule has 2 aromatic rings. The Morgan fingerprint density at radius 1 is 1.09 bits per heavy atom. The van der Waals surface area contributed by atoms with Crippen molar-refractivity contribution in [3.05, 3.63) is 43.8 Å². The van der Waals surface area contributed by atoms with Gasteiger partial charge in [0.1, 0.15) is 0 Å². The molecular formula is C27H40N2O3S. The van der Waals surface area contributed by atoms with Crippen molar-refractivity contribution in [2.45, 2.75) is 85.0 Å². The number of aryl methyl sites for hydroxylation is 3. The third-order valence-electron chi connectivity index (χ3n) is 7.49. The van der Waals surface area contributed by atoms with Gasteiger partial charge in [0.2, 0.25) is 5.88 Å². The first kappa shape index (κ1) is 24.6. The maximum absolute atomic E-state index is 5.91. The van der Waals surface area contributed by atoms with Crippen LogP contribution in [0, 0.1) is 33.6 Å². The number of pyridine rings is 1. The van der Waals surface area contributed by atoms with Crippen molar-refractivity contribution in [1.29, 1.82) is 0 Å². The van der Waals surface area contributed by atoms with Gasteiger partial charge in [-0.1, -0.05) is 0 Å². The van der Waals surface area contributed by atoms with Crippen molar-refractivity contribution < 1.29 is 14.2 Å². The normalized spacial score (nSPS) is 18.3. The van der Waals surface area contributed by atoms with Crippen LogP contribution < -0.4 is 10.1 Å². The summed E-state index contributed by atoms with van der Waals surface area (Å²) < 4.78 is 17.3. The van der Waals surface area contributed by atoms with E-state index in [2.05, 4.69) is 37.1 Å². The van der Waals surface area contributed by atoms with Gasteiger partial charge in [0.05, 0.1) is 20.3 Å². The summed E-state index contributed by atoms with van der Waals surface area (Å²) in [5.41, 5.74) is 6.42. The number of rotatable bonds is 9. The molecule has 5 nitrogen and oxygen atoms in total. The molecule has 2 aliphatic rings. The van der Waals surface area contributed by atoms with Crippen molar-refractivity contribution in [3.8, 4) is 5.88 Å². The van der Waals surface area contributed by atoms with Crippen LogP contribution in [0.5, 0.6) is 5.88 Å². The smallest absolute Gasteiger partial charge is 0.218 e. The molecule has 3 heterocycles. The number of ether oxygens (including phenoxy) is 3. The Balaban J connectivity index is 1.25. The summed E-state index contributed by atoms with van der Waals surface area (Å²) in [6.07, 6.45) is 8.04. The van der Waals surface area contributed by atoms with Gasteiger partial charge in [-0.25, -0.2) is 4.98 Å². The number of nitrogens with one attached hydrogen (secondary N) is 1. The molecule has 0 bridgehead atoms. The summed E-state index contributed by atoms with van der Waals surface area (Å²) >= 11 is 2.05. The standard InChI is InChI=1S/C27H40N2O3S/c1-18-15-19(2)29-26(30-5)23(18)17-28-12-6-7-24-20(3)21(4)25(33-24)16-22-8-10-27(11-9-22)31-13-14-32-27/h15,22,28H,6-14,16-17H2,1-5H3. The quantitative estimate of drug-likeness (QED) is 0.483. The van der Waals surface area contributed by atoms with E-state index >= 15 is 0 Å². The van der Waals surface area contributed by atoms with Crippen LogP contribution in [-0.2, 0) is 28.9 Å². The molecule has 1 N–H and O–H groups in total. The SMILES string of the molecule is COc1nc(C)cc(C)c1CNCCCc1sc(CC2CCC3(CC2)OCCO3)c(C)c1C. The van der Waals surface area contributed by atoms with E-state index in [1.165, 1.54) is 36.0 Å². The van der Waals surface area contributed by atoms with Crippen LogP contribution in [0.25, 0.3) is 0 Å². The predicted molar refractivity (Wildman–Crippen MR) is 134 cm³/mol. The zero-order valence-corrected chi connectivity index (χ0v) is 21.8. The first-order chi connectivity index (χ1) is 15.9. The topological polar surface area (TPSA) is 52.6 Å². The van der Waals surface area contributed by atoms with Crippen molar-refractivity contribution in [2.24, 2.45) is 5.92 Å². The first-order valence-electron chi connectivity index (χ1n) is 12.5. The van der Waals surface area contributed by atoms with Gasteiger partial charge in [0.15, 0.2) is 5.79 Å². The van der Waals surface area contributed by atoms with Crippen LogP contribution in [0.1, 0.15) is 69.8 Å². The molecule has 1 saturated carbocycles. The van der Waals surface area contributed by atoms with Crippen LogP contribution in [0.3, 0.4) is 0 Å². The molecule has 0 aromatic carbocycles. The second kappa shape index (κ2) is 10.9. The number of thiophene rings is 1. The van der Waals surface area contributed by atoms with E-state index < -0.39 is 0 Å². The van der Waals surface area contributed by atoms with Crippen molar-refractivity contribution in [3.63, 3.8) is 0 Å². The molecule has 2 aromatic heterocycles. The molecule has 4 rings (SSSR count). The second-order valence-electron chi connectivity index (χ2n) is 9.80. The third kappa shape index (κ3) is 5.79. The number of hydrogen-bond donors (Lipinski definition) is 1. The number of methoxy groups -OCH3 is 1. The van der Waals surface area contributed by atoms with E-state index in [4.69, 9.17) is 14.2 Å². The Bertz CT molecular complexity index is 939. The Hall–Kier alpha value is -1.47. The largest absolute Gasteiger partial charge is 0.481 e. The summed E-state index contributed by atoms with van der Waals surface area (Å²) in [5.74, 6) is 1.26. The summed E-state index contributed by atoms with van der Waals surface area (Å²) in [7, 11) is 1.70. The fourth-order valence-electron chi connectivity index (χ4n) is 5.32. The fraction of sp³-hybridized carbons (Fsp3) is 0.667. The lowest BCUT2D eigenvalue weighted by molar-refractivity contribution is -0.182. The van der Waals surface area contributed by atoms with Crippen LogP contribution >= 0.6 is 11.3 Å². The van der Waals surface area contributed by atoms with E-state index in [-0.39, 0.29) is 5.79 Å². The second-order valence-corrected chi connectivity index (χ2v) is 11.0. The number of hydrogen-bond acceptors (Lipinski definition) is 6. The molecule has 2 fully saturated rings. The van der Waals surface area contributed by atoms with Crippen LogP contribution in [0.15, 0.2) is 6.07 Å². The third-order valence-corrected chi connectivity index (χ3v) is 8.97. The van der Waals surface area contributed by atoms with Crippen molar-refractivity contribution >= 4 is 11.3 Å². The van der Waals surface area contributed by atoms with E-state index in [9.17, 15) is 0 Å². The monoisotopic (exact) mass is 472 g/mol. The lowest BCUT2D eigenvalue weighted by atomic mass is 9.82. The molecular weight excluding hydrogens is 432 g/mol. The highest BCUT2D eigenvalue weighted by Gasteiger charge is 2.40. The summed E-state index contributed by atoms with van der Waals surface area (Å²) in [6.45, 7) is 12.1. The zero-order valence-electron chi connectivity index (χ0n) is 21.0. The summed E-state index contributed by atoms with van der Waals surface area (Å²) in [4.78, 5) is 7.67. The predicted octanol–water partition coefficient (Wildman–Crippen LogP) is 5.58. The van der Waals surface area contributed by atoms with Gasteiger partial charge in [-0.05, 0) is 95.0 Å². The van der Waals surface area contributed by atoms with E-state index in [1.54, 1.807) is 16.9 Å². The zero-order chi connectivity index (χ0) is 23.4. The summed E-state index contributed by atoms with van der Waals surface area (Å²) in [5, 5.41) is 3.60. The average molecular weight is 473 g/mol. The van der Waals surface area contributed by atoms with Crippen LogP contribution in [0.4, 0.5) is 0 Å².